The van der Waals surface area contributed by atoms with E-state index >= 15 is 0 Å². The number of rotatable bonds is 3. The first-order valence-corrected chi connectivity index (χ1v) is 7.09. The maximum absolute atomic E-state index is 10.9. The van der Waals surface area contributed by atoms with E-state index in [1.807, 2.05) is 0 Å². The van der Waals surface area contributed by atoms with Crippen molar-refractivity contribution in [2.75, 3.05) is 31.6 Å². The van der Waals surface area contributed by atoms with Gasteiger partial charge in [-0.2, -0.15) is 0 Å². The van der Waals surface area contributed by atoms with Gasteiger partial charge in [0.25, 0.3) is 0 Å². The predicted molar refractivity (Wildman–Crippen MR) is 75.6 cm³/mol. The highest BCUT2D eigenvalue weighted by Crippen LogP contribution is 2.28. The third kappa shape index (κ3) is 2.88. The zero-order valence-electron chi connectivity index (χ0n) is 11.5. The second-order valence-corrected chi connectivity index (χ2v) is 6.36. The Balaban J connectivity index is 2.13. The summed E-state index contributed by atoms with van der Waals surface area (Å²) in [5.41, 5.74) is 6.09. The van der Waals surface area contributed by atoms with Crippen molar-refractivity contribution in [1.29, 1.82) is 0 Å². The van der Waals surface area contributed by atoms with Crippen LogP contribution in [0.4, 0.5) is 5.13 Å². The average molecular weight is 284 g/mol. The van der Waals surface area contributed by atoms with Crippen LogP contribution in [0.2, 0.25) is 0 Å². The molecule has 0 saturated carbocycles. The molecule has 106 valence electrons. The molecular weight excluding hydrogens is 264 g/mol. The zero-order valence-corrected chi connectivity index (χ0v) is 12.3. The van der Waals surface area contributed by atoms with Crippen molar-refractivity contribution in [3.63, 3.8) is 0 Å². The predicted octanol–water partition coefficient (Wildman–Crippen LogP) is 0.758. The largest absolute Gasteiger partial charge is 0.480 e. The topological polar surface area (TPSA) is 82.7 Å². The van der Waals surface area contributed by atoms with Crippen LogP contribution < -0.4 is 10.6 Å². The molecule has 0 bridgehead atoms. The highest BCUT2D eigenvalue weighted by molar-refractivity contribution is 7.13. The Morgan fingerprint density at radius 2 is 2.26 bits per heavy atom. The Hall–Kier alpha value is -1.18. The molecule has 1 aliphatic heterocycles. The van der Waals surface area contributed by atoms with Crippen LogP contribution >= 0.6 is 11.3 Å². The van der Waals surface area contributed by atoms with E-state index in [1.54, 1.807) is 5.38 Å². The van der Waals surface area contributed by atoms with Gasteiger partial charge in [-0.3, -0.25) is 9.69 Å². The number of anilines is 1. The average Bonchev–Trinajstić information content (AvgIpc) is 2.80. The Morgan fingerprint density at radius 3 is 2.84 bits per heavy atom. The number of piperazine rings is 1. The second-order valence-electron chi connectivity index (χ2n) is 5.53. The van der Waals surface area contributed by atoms with Gasteiger partial charge in [0.2, 0.25) is 0 Å². The molecule has 0 aromatic carbocycles. The fourth-order valence-electron chi connectivity index (χ4n) is 2.09. The summed E-state index contributed by atoms with van der Waals surface area (Å²) in [6, 6.07) is -1.04. The smallest absolute Gasteiger partial charge is 0.326 e. The first-order chi connectivity index (χ1) is 8.81. The van der Waals surface area contributed by atoms with Gasteiger partial charge in [-0.1, -0.05) is 0 Å². The van der Waals surface area contributed by atoms with Crippen molar-refractivity contribution in [1.82, 2.24) is 9.88 Å². The van der Waals surface area contributed by atoms with E-state index in [0.29, 0.717) is 5.69 Å². The van der Waals surface area contributed by atoms with Crippen LogP contribution in [-0.2, 0) is 4.79 Å². The van der Waals surface area contributed by atoms with Crippen LogP contribution in [0.25, 0.3) is 0 Å². The van der Waals surface area contributed by atoms with Crippen LogP contribution in [0.15, 0.2) is 5.38 Å². The number of nitrogens with zero attached hydrogens (tertiary/aromatic N) is 3. The van der Waals surface area contributed by atoms with E-state index in [0.717, 1.165) is 24.8 Å². The Labute approximate surface area is 116 Å². The van der Waals surface area contributed by atoms with Gasteiger partial charge in [0, 0.05) is 30.6 Å². The summed E-state index contributed by atoms with van der Waals surface area (Å²) in [4.78, 5) is 19.7. The molecular formula is C12H20N4O2S. The lowest BCUT2D eigenvalue weighted by atomic mass is 10.0. The third-order valence-electron chi connectivity index (χ3n) is 3.68. The standard InChI is InChI=1S/C12H20N4O2S/c1-12(2)7-16(5-4-15(12)3)11-14-8(6-19-11)9(13)10(17)18/h6,9H,4-5,7,13H2,1-3H3,(H,17,18). The Morgan fingerprint density at radius 1 is 1.58 bits per heavy atom. The molecule has 1 aromatic rings. The molecule has 1 unspecified atom stereocenters. The van der Waals surface area contributed by atoms with Crippen LogP contribution in [-0.4, -0.2) is 53.2 Å². The molecule has 1 aromatic heterocycles. The fraction of sp³-hybridized carbons (Fsp3) is 0.667. The lowest BCUT2D eigenvalue weighted by molar-refractivity contribution is -0.138. The van der Waals surface area contributed by atoms with Crippen LogP contribution in [0.3, 0.4) is 0 Å². The van der Waals surface area contributed by atoms with Crippen molar-refractivity contribution < 1.29 is 9.90 Å². The van der Waals surface area contributed by atoms with E-state index in [2.05, 4.69) is 35.7 Å². The van der Waals surface area contributed by atoms with Gasteiger partial charge in [0.15, 0.2) is 5.13 Å². The quantitative estimate of drug-likeness (QED) is 0.852. The molecule has 19 heavy (non-hydrogen) atoms. The molecule has 2 heterocycles. The van der Waals surface area contributed by atoms with Crippen LogP contribution in [0.1, 0.15) is 25.6 Å². The van der Waals surface area contributed by atoms with Gasteiger partial charge in [-0.05, 0) is 20.9 Å². The van der Waals surface area contributed by atoms with Gasteiger partial charge in [0.05, 0.1) is 5.69 Å². The first-order valence-electron chi connectivity index (χ1n) is 6.21. The Bertz CT molecular complexity index is 474. The second kappa shape index (κ2) is 5.07. The SMILES string of the molecule is CN1CCN(c2nc(C(N)C(=O)O)cs2)CC1(C)C. The van der Waals surface area contributed by atoms with Crippen molar-refractivity contribution in [3.8, 4) is 0 Å². The monoisotopic (exact) mass is 284 g/mol. The molecule has 0 spiro atoms. The molecule has 0 radical (unpaired) electrons. The highest BCUT2D eigenvalue weighted by Gasteiger charge is 2.32. The van der Waals surface area contributed by atoms with Crippen molar-refractivity contribution in [2.45, 2.75) is 25.4 Å². The van der Waals surface area contributed by atoms with Crippen molar-refractivity contribution in [3.05, 3.63) is 11.1 Å². The van der Waals surface area contributed by atoms with E-state index in [1.165, 1.54) is 11.3 Å². The fourth-order valence-corrected chi connectivity index (χ4v) is 2.98. The molecule has 1 fully saturated rings. The minimum Gasteiger partial charge on any atom is -0.480 e. The lowest BCUT2D eigenvalue weighted by Crippen LogP contribution is -2.57. The van der Waals surface area contributed by atoms with Crippen LogP contribution in [0, 0.1) is 0 Å². The molecule has 7 heteroatoms. The number of thiazole rings is 1. The number of likely N-dealkylation sites (N-methyl/N-ethyl adjacent to an activating group) is 1. The molecule has 1 atom stereocenters. The molecule has 1 aliphatic rings. The number of hydrogen-bond acceptors (Lipinski definition) is 6. The summed E-state index contributed by atoms with van der Waals surface area (Å²) in [6.45, 7) is 7.12. The molecule has 1 saturated heterocycles. The zero-order chi connectivity index (χ0) is 14.2. The van der Waals surface area contributed by atoms with Crippen molar-refractivity contribution >= 4 is 22.4 Å². The third-order valence-corrected chi connectivity index (χ3v) is 4.60. The van der Waals surface area contributed by atoms with Gasteiger partial charge < -0.3 is 15.7 Å². The molecule has 0 amide bonds. The number of carboxylic acid groups (broad SMARTS) is 1. The number of aliphatic carboxylic acids is 1. The van der Waals surface area contributed by atoms with Gasteiger partial charge in [-0.15, -0.1) is 11.3 Å². The molecule has 2 rings (SSSR count). The van der Waals surface area contributed by atoms with Gasteiger partial charge in [-0.25, -0.2) is 4.98 Å². The summed E-state index contributed by atoms with van der Waals surface area (Å²) in [7, 11) is 2.12. The molecule has 3 N–H and O–H groups in total. The summed E-state index contributed by atoms with van der Waals surface area (Å²) in [6.07, 6.45) is 0. The first kappa shape index (κ1) is 14.2. The number of nitrogens with two attached hydrogens (primary N) is 1. The number of aromatic nitrogens is 1. The number of carboxylic acids is 1. The summed E-state index contributed by atoms with van der Waals surface area (Å²) < 4.78 is 0. The minimum absolute atomic E-state index is 0.0823. The molecule has 6 nitrogen and oxygen atoms in total. The van der Waals surface area contributed by atoms with Crippen molar-refractivity contribution in [2.24, 2.45) is 5.73 Å². The van der Waals surface area contributed by atoms with Gasteiger partial charge >= 0.3 is 5.97 Å². The Kier molecular flexibility index (Phi) is 3.80. The maximum Gasteiger partial charge on any atom is 0.326 e. The summed E-state index contributed by atoms with van der Waals surface area (Å²) >= 11 is 1.46. The number of carbonyl (C=O) groups is 1. The summed E-state index contributed by atoms with van der Waals surface area (Å²) in [5, 5.41) is 11.5. The summed E-state index contributed by atoms with van der Waals surface area (Å²) in [5.74, 6) is -1.05. The van der Waals surface area contributed by atoms with Gasteiger partial charge in [0.1, 0.15) is 6.04 Å². The minimum atomic E-state index is -1.05. The lowest BCUT2D eigenvalue weighted by Gasteiger charge is -2.45. The van der Waals surface area contributed by atoms with Crippen LogP contribution in [0.5, 0.6) is 0 Å². The van der Waals surface area contributed by atoms with E-state index < -0.39 is 12.0 Å². The maximum atomic E-state index is 10.9. The van der Waals surface area contributed by atoms with E-state index in [9.17, 15) is 4.79 Å². The van der Waals surface area contributed by atoms with E-state index in [4.69, 9.17) is 10.8 Å². The van der Waals surface area contributed by atoms with E-state index in [-0.39, 0.29) is 5.54 Å². The normalized spacial score (nSPS) is 21.4. The molecule has 0 aliphatic carbocycles. The number of hydrogen-bond donors (Lipinski definition) is 2. The highest BCUT2D eigenvalue weighted by atomic mass is 32.1.